The van der Waals surface area contributed by atoms with Gasteiger partial charge in [0.1, 0.15) is 5.75 Å². The molecule has 2 atom stereocenters. The standard InChI is InChI=1S/C33H46N2O4Si/c1-24(17-26-13-10-14-27(18-26)19-32(38)35-21-25-11-8-7-9-12-25)34-22-31(39-40(5,6)33(2,3)4)28-15-16-30(37)29(20-28)23-36/h7-16,18,20,24,31,34,36-37H,17,19,21-23H2,1-6H3,(H,35,38)/t24-,31+/m1/s1. The van der Waals surface area contributed by atoms with Crippen LogP contribution >= 0.6 is 0 Å². The number of aliphatic hydroxyl groups excluding tert-OH is 1. The monoisotopic (exact) mass is 562 g/mol. The lowest BCUT2D eigenvalue weighted by atomic mass is 10.0. The van der Waals surface area contributed by atoms with E-state index in [9.17, 15) is 15.0 Å². The Balaban J connectivity index is 1.63. The average molecular weight is 563 g/mol. The number of aromatic hydroxyl groups is 1. The molecular formula is C33H46N2O4Si. The third-order valence-corrected chi connectivity index (χ3v) is 12.3. The molecule has 1 amide bonds. The van der Waals surface area contributed by atoms with Gasteiger partial charge in [-0.15, -0.1) is 0 Å². The van der Waals surface area contributed by atoms with Crippen LogP contribution in [0.25, 0.3) is 0 Å². The van der Waals surface area contributed by atoms with Crippen LogP contribution in [0, 0.1) is 0 Å². The Hall–Kier alpha value is -2.97. The molecule has 216 valence electrons. The van der Waals surface area contributed by atoms with E-state index in [0.717, 1.165) is 23.1 Å². The summed E-state index contributed by atoms with van der Waals surface area (Å²) < 4.78 is 6.81. The van der Waals surface area contributed by atoms with Crippen molar-refractivity contribution in [3.8, 4) is 5.75 Å². The largest absolute Gasteiger partial charge is 0.508 e. The highest BCUT2D eigenvalue weighted by atomic mass is 28.4. The molecule has 3 aromatic rings. The molecule has 7 heteroatoms. The minimum atomic E-state index is -2.09. The van der Waals surface area contributed by atoms with Crippen LogP contribution in [0.15, 0.2) is 72.8 Å². The van der Waals surface area contributed by atoms with Gasteiger partial charge in [0.2, 0.25) is 5.91 Å². The predicted molar refractivity (Wildman–Crippen MR) is 165 cm³/mol. The van der Waals surface area contributed by atoms with Gasteiger partial charge in [0.25, 0.3) is 0 Å². The van der Waals surface area contributed by atoms with E-state index in [-0.39, 0.29) is 35.4 Å². The zero-order valence-corrected chi connectivity index (χ0v) is 25.8. The zero-order valence-electron chi connectivity index (χ0n) is 24.8. The summed E-state index contributed by atoms with van der Waals surface area (Å²) >= 11 is 0. The molecule has 4 N–H and O–H groups in total. The van der Waals surface area contributed by atoms with Gasteiger partial charge in [0.05, 0.1) is 19.1 Å². The number of benzene rings is 3. The first-order chi connectivity index (χ1) is 18.9. The maximum Gasteiger partial charge on any atom is 0.224 e. The number of hydrogen-bond acceptors (Lipinski definition) is 5. The molecule has 0 bridgehead atoms. The first-order valence-corrected chi connectivity index (χ1v) is 17.0. The van der Waals surface area contributed by atoms with E-state index in [1.54, 1.807) is 6.07 Å². The fourth-order valence-electron chi connectivity index (χ4n) is 4.34. The topological polar surface area (TPSA) is 90.8 Å². The molecule has 0 unspecified atom stereocenters. The highest BCUT2D eigenvalue weighted by Crippen LogP contribution is 2.40. The van der Waals surface area contributed by atoms with Gasteiger partial charge in [-0.05, 0) is 65.9 Å². The SMILES string of the molecule is C[C@H](Cc1cccc(CC(=O)NCc2ccccc2)c1)NC[C@H](O[Si](C)(C)C(C)(C)C)c1ccc(O)c(CO)c1. The second kappa shape index (κ2) is 14.1. The van der Waals surface area contributed by atoms with Gasteiger partial charge in [-0.25, -0.2) is 0 Å². The first-order valence-electron chi connectivity index (χ1n) is 14.1. The lowest BCUT2D eigenvalue weighted by molar-refractivity contribution is -0.120. The Morgan fingerprint density at radius 2 is 1.62 bits per heavy atom. The van der Waals surface area contributed by atoms with Gasteiger partial charge in [0.15, 0.2) is 8.32 Å². The number of nitrogens with one attached hydrogen (secondary N) is 2. The van der Waals surface area contributed by atoms with E-state index in [2.05, 4.69) is 63.6 Å². The summed E-state index contributed by atoms with van der Waals surface area (Å²) in [6.07, 6.45) is 0.941. The molecule has 0 aliphatic heterocycles. The Bertz CT molecular complexity index is 1240. The van der Waals surface area contributed by atoms with Crippen molar-refractivity contribution in [3.63, 3.8) is 0 Å². The molecule has 3 rings (SSSR count). The third kappa shape index (κ3) is 9.30. The van der Waals surface area contributed by atoms with Crippen LogP contribution in [0.2, 0.25) is 18.1 Å². The second-order valence-electron chi connectivity index (χ2n) is 12.2. The van der Waals surface area contributed by atoms with Crippen LogP contribution in [0.1, 0.15) is 61.6 Å². The number of aliphatic hydroxyl groups is 1. The molecule has 0 aliphatic rings. The lowest BCUT2D eigenvalue weighted by Gasteiger charge is -2.40. The molecule has 0 heterocycles. The minimum Gasteiger partial charge on any atom is -0.508 e. The maximum absolute atomic E-state index is 12.5. The molecule has 0 saturated carbocycles. The van der Waals surface area contributed by atoms with Gasteiger partial charge in [0, 0.05) is 24.7 Å². The van der Waals surface area contributed by atoms with E-state index in [1.165, 1.54) is 5.56 Å². The van der Waals surface area contributed by atoms with Crippen molar-refractivity contribution >= 4 is 14.2 Å². The van der Waals surface area contributed by atoms with Crippen LogP contribution in [0.4, 0.5) is 0 Å². The molecule has 0 fully saturated rings. The summed E-state index contributed by atoms with van der Waals surface area (Å²) in [6, 6.07) is 23.7. The van der Waals surface area contributed by atoms with Crippen LogP contribution in [0.3, 0.4) is 0 Å². The lowest BCUT2D eigenvalue weighted by Crippen LogP contribution is -2.44. The van der Waals surface area contributed by atoms with Crippen molar-refractivity contribution < 1.29 is 19.4 Å². The van der Waals surface area contributed by atoms with Crippen LogP contribution < -0.4 is 10.6 Å². The summed E-state index contributed by atoms with van der Waals surface area (Å²) in [5.41, 5.74) is 4.69. The highest BCUT2D eigenvalue weighted by molar-refractivity contribution is 6.74. The van der Waals surface area contributed by atoms with Crippen molar-refractivity contribution in [2.24, 2.45) is 0 Å². The third-order valence-electron chi connectivity index (χ3n) is 7.77. The summed E-state index contributed by atoms with van der Waals surface area (Å²) in [5.74, 6) is 0.0984. The van der Waals surface area contributed by atoms with Gasteiger partial charge in [-0.1, -0.05) is 81.4 Å². The average Bonchev–Trinajstić information content (AvgIpc) is 2.90. The number of rotatable bonds is 13. The minimum absolute atomic E-state index is 0.00828. The molecular weight excluding hydrogens is 516 g/mol. The predicted octanol–water partition coefficient (Wildman–Crippen LogP) is 6.03. The Kier molecular flexibility index (Phi) is 11.1. The molecule has 6 nitrogen and oxygen atoms in total. The maximum atomic E-state index is 12.5. The van der Waals surface area contributed by atoms with Crippen LogP contribution in [0.5, 0.6) is 5.75 Å². The first kappa shape index (κ1) is 31.6. The van der Waals surface area contributed by atoms with E-state index in [4.69, 9.17) is 4.43 Å². The summed E-state index contributed by atoms with van der Waals surface area (Å²) in [4.78, 5) is 12.5. The number of hydrogen-bond donors (Lipinski definition) is 4. The summed E-state index contributed by atoms with van der Waals surface area (Å²) in [5, 5.41) is 26.5. The van der Waals surface area contributed by atoms with Crippen molar-refractivity contribution in [2.75, 3.05) is 6.54 Å². The number of carbonyl (C=O) groups is 1. The van der Waals surface area contributed by atoms with Crippen molar-refractivity contribution in [1.82, 2.24) is 10.6 Å². The Labute approximate surface area is 240 Å². The number of amides is 1. The fourth-order valence-corrected chi connectivity index (χ4v) is 5.62. The van der Waals surface area contributed by atoms with Gasteiger partial charge in [-0.3, -0.25) is 4.79 Å². The molecule has 0 spiro atoms. The van der Waals surface area contributed by atoms with Crippen molar-refractivity contribution in [3.05, 3.63) is 101 Å². The van der Waals surface area contributed by atoms with E-state index in [0.29, 0.717) is 25.1 Å². The molecule has 0 aromatic heterocycles. The number of phenols is 1. The van der Waals surface area contributed by atoms with E-state index < -0.39 is 8.32 Å². The summed E-state index contributed by atoms with van der Waals surface area (Å²) in [7, 11) is -2.09. The second-order valence-corrected chi connectivity index (χ2v) is 16.9. The van der Waals surface area contributed by atoms with E-state index in [1.807, 2.05) is 54.6 Å². The van der Waals surface area contributed by atoms with Gasteiger partial charge >= 0.3 is 0 Å². The van der Waals surface area contributed by atoms with Crippen molar-refractivity contribution in [2.45, 2.75) is 84.0 Å². The quantitative estimate of drug-likeness (QED) is 0.191. The fraction of sp³-hybridized carbons (Fsp3) is 0.424. The molecule has 3 aromatic carbocycles. The van der Waals surface area contributed by atoms with Gasteiger partial charge < -0.3 is 25.3 Å². The number of carbonyl (C=O) groups excluding carboxylic acids is 1. The normalized spacial score (nSPS) is 13.6. The van der Waals surface area contributed by atoms with Crippen LogP contribution in [-0.4, -0.2) is 37.0 Å². The molecule has 0 saturated heterocycles. The molecule has 40 heavy (non-hydrogen) atoms. The van der Waals surface area contributed by atoms with Crippen LogP contribution in [-0.2, 0) is 35.2 Å². The van der Waals surface area contributed by atoms with Crippen molar-refractivity contribution in [1.29, 1.82) is 0 Å². The molecule has 0 radical (unpaired) electrons. The summed E-state index contributed by atoms with van der Waals surface area (Å²) in [6.45, 7) is 14.2. The van der Waals surface area contributed by atoms with Gasteiger partial charge in [-0.2, -0.15) is 0 Å². The highest BCUT2D eigenvalue weighted by Gasteiger charge is 2.39. The Morgan fingerprint density at radius 3 is 2.30 bits per heavy atom. The van der Waals surface area contributed by atoms with E-state index >= 15 is 0 Å². The molecule has 0 aliphatic carbocycles. The zero-order chi connectivity index (χ0) is 29.3. The Morgan fingerprint density at radius 1 is 0.950 bits per heavy atom. The smallest absolute Gasteiger partial charge is 0.224 e.